The molecule has 0 saturated carbocycles. The molecule has 1 rings (SSSR count). The first-order chi connectivity index (χ1) is 11.8. The Morgan fingerprint density at radius 3 is 2.46 bits per heavy atom. The summed E-state index contributed by atoms with van der Waals surface area (Å²) in [5.74, 6) is -2.20. The van der Waals surface area contributed by atoms with Gasteiger partial charge in [0.2, 0.25) is 0 Å². The van der Waals surface area contributed by atoms with Crippen LogP contribution in [0.3, 0.4) is 0 Å². The van der Waals surface area contributed by atoms with Crippen molar-refractivity contribution in [2.45, 2.75) is 19.4 Å². The fourth-order valence-electron chi connectivity index (χ4n) is 1.45. The molecule has 0 atom stereocenters. The molecule has 0 spiro atoms. The van der Waals surface area contributed by atoms with Crippen molar-refractivity contribution >= 4 is 44.7 Å². The Morgan fingerprint density at radius 2 is 1.96 bits per heavy atom. The minimum Gasteiger partial charge on any atom is -0.374 e. The molecular weight excluding hydrogens is 427 g/mol. The highest BCUT2D eigenvalue weighted by atomic mass is 35.5. The van der Waals surface area contributed by atoms with Crippen LogP contribution in [0.25, 0.3) is 6.20 Å². The maximum absolute atomic E-state index is 13.9. The molecule has 0 radical (unpaired) electrons. The summed E-state index contributed by atoms with van der Waals surface area (Å²) < 4.78 is 77.5. The van der Waals surface area contributed by atoms with E-state index in [9.17, 15) is 30.8 Å². The quantitative estimate of drug-likeness (QED) is 0.302. The number of pyridine rings is 1. The van der Waals surface area contributed by atoms with Gasteiger partial charge in [0.05, 0.1) is 6.20 Å². The van der Waals surface area contributed by atoms with Gasteiger partial charge in [0.1, 0.15) is 5.02 Å². The zero-order chi connectivity index (χ0) is 20.3. The molecule has 13 heteroatoms. The number of aromatic nitrogens is 1. The molecule has 1 aromatic heterocycles. The summed E-state index contributed by atoms with van der Waals surface area (Å²) in [5.41, 5.74) is -7.14. The molecule has 1 aromatic rings. The topological polar surface area (TPSA) is 77.7 Å². The molecule has 0 fully saturated rings. The molecule has 1 heterocycles. The van der Waals surface area contributed by atoms with Crippen LogP contribution in [-0.2, 0) is 10.1 Å². The standard InChI is InChI=1S/C13H10Cl2F4N2O4S/c1-3-4-20-11(15)8(16)6-21-7(2)5-9(10(14)12(21)22)25-26(23,24)13(17,18)19/h3-6H,1-2H3/b4-3+,8-6-,20-11-. The second-order valence-corrected chi connectivity index (χ2v) is 6.78. The summed E-state index contributed by atoms with van der Waals surface area (Å²) in [5, 5.41) is -1.61. The number of nitrogens with zero attached hydrogens (tertiary/aromatic N) is 2. The van der Waals surface area contributed by atoms with Crippen LogP contribution in [0.15, 0.2) is 34.0 Å². The molecule has 0 aromatic carbocycles. The first-order valence-corrected chi connectivity index (χ1v) is 8.62. The van der Waals surface area contributed by atoms with Crippen molar-refractivity contribution in [2.75, 3.05) is 0 Å². The molecule has 0 amide bonds. The van der Waals surface area contributed by atoms with E-state index in [1.807, 2.05) is 0 Å². The highest BCUT2D eigenvalue weighted by Gasteiger charge is 2.49. The predicted molar refractivity (Wildman–Crippen MR) is 89.5 cm³/mol. The fourth-order valence-corrected chi connectivity index (χ4v) is 2.25. The number of halogens is 6. The largest absolute Gasteiger partial charge is 0.534 e. The van der Waals surface area contributed by atoms with Crippen LogP contribution in [0.1, 0.15) is 12.6 Å². The Morgan fingerprint density at radius 1 is 1.38 bits per heavy atom. The second kappa shape index (κ2) is 8.23. The van der Waals surface area contributed by atoms with E-state index in [0.717, 1.165) is 0 Å². The molecule has 0 aliphatic heterocycles. The third-order valence-corrected chi connectivity index (χ3v) is 4.19. The molecule has 0 aliphatic rings. The molecule has 0 bridgehead atoms. The number of aryl methyl sites for hydroxylation is 1. The average molecular weight is 437 g/mol. The third-order valence-electron chi connectivity index (χ3n) is 2.60. The number of hydrogen-bond acceptors (Lipinski definition) is 5. The van der Waals surface area contributed by atoms with E-state index in [-0.39, 0.29) is 5.69 Å². The first kappa shape index (κ1) is 22.2. The zero-order valence-electron chi connectivity index (χ0n) is 13.0. The minimum absolute atomic E-state index is 0.183. The van der Waals surface area contributed by atoms with Gasteiger partial charge in [-0.05, 0) is 13.8 Å². The smallest absolute Gasteiger partial charge is 0.374 e. The van der Waals surface area contributed by atoms with Crippen molar-refractivity contribution in [2.24, 2.45) is 4.99 Å². The van der Waals surface area contributed by atoms with Crippen molar-refractivity contribution in [1.82, 2.24) is 4.57 Å². The van der Waals surface area contributed by atoms with Crippen LogP contribution in [0, 0.1) is 6.92 Å². The third kappa shape index (κ3) is 5.08. The molecule has 0 saturated heterocycles. The van der Waals surface area contributed by atoms with Crippen LogP contribution in [-0.4, -0.2) is 23.7 Å². The summed E-state index contributed by atoms with van der Waals surface area (Å²) in [6.07, 6.45) is 3.22. The van der Waals surface area contributed by atoms with Crippen LogP contribution in [0.4, 0.5) is 17.6 Å². The van der Waals surface area contributed by atoms with Gasteiger partial charge in [-0.3, -0.25) is 9.36 Å². The van der Waals surface area contributed by atoms with E-state index >= 15 is 0 Å². The normalized spacial score (nSPS) is 14.2. The number of allylic oxidation sites excluding steroid dienone is 2. The Kier molecular flexibility index (Phi) is 7.02. The van der Waals surface area contributed by atoms with Crippen LogP contribution < -0.4 is 9.74 Å². The molecular formula is C13H10Cl2F4N2O4S. The van der Waals surface area contributed by atoms with E-state index < -0.39 is 43.0 Å². The van der Waals surface area contributed by atoms with E-state index in [0.29, 0.717) is 16.8 Å². The summed E-state index contributed by atoms with van der Waals surface area (Å²) >= 11 is 11.1. The first-order valence-electron chi connectivity index (χ1n) is 6.46. The Bertz CT molecular complexity index is 950. The summed E-state index contributed by atoms with van der Waals surface area (Å²) in [6.45, 7) is 2.77. The summed E-state index contributed by atoms with van der Waals surface area (Å²) in [6, 6.07) is 0.716. The fraction of sp³-hybridized carbons (Fsp3) is 0.231. The van der Waals surface area contributed by atoms with Crippen LogP contribution in [0.2, 0.25) is 5.02 Å². The molecule has 0 N–H and O–H groups in total. The van der Waals surface area contributed by atoms with Crippen molar-refractivity contribution in [1.29, 1.82) is 0 Å². The highest BCUT2D eigenvalue weighted by molar-refractivity contribution is 7.88. The predicted octanol–water partition coefficient (Wildman–Crippen LogP) is 3.98. The number of aliphatic imine (C=N–C) groups is 1. The van der Waals surface area contributed by atoms with Gasteiger partial charge in [0.25, 0.3) is 5.56 Å². The summed E-state index contributed by atoms with van der Waals surface area (Å²) in [4.78, 5) is 15.6. The highest BCUT2D eigenvalue weighted by Crippen LogP contribution is 2.30. The average Bonchev–Trinajstić information content (AvgIpc) is 2.52. The summed E-state index contributed by atoms with van der Waals surface area (Å²) in [7, 11) is -6.04. The molecule has 144 valence electrons. The van der Waals surface area contributed by atoms with Gasteiger partial charge in [-0.2, -0.15) is 21.6 Å². The van der Waals surface area contributed by atoms with Gasteiger partial charge in [0.15, 0.2) is 16.7 Å². The van der Waals surface area contributed by atoms with Gasteiger partial charge in [-0.1, -0.05) is 29.3 Å². The van der Waals surface area contributed by atoms with Gasteiger partial charge >= 0.3 is 15.6 Å². The number of hydrogen-bond donors (Lipinski definition) is 0. The van der Waals surface area contributed by atoms with Gasteiger partial charge < -0.3 is 4.18 Å². The zero-order valence-corrected chi connectivity index (χ0v) is 15.3. The van der Waals surface area contributed by atoms with Crippen LogP contribution >= 0.6 is 23.2 Å². The molecule has 0 unspecified atom stereocenters. The molecule has 26 heavy (non-hydrogen) atoms. The Labute approximate surface area is 155 Å². The lowest BCUT2D eigenvalue weighted by Crippen LogP contribution is -2.29. The maximum atomic E-state index is 13.9. The monoisotopic (exact) mass is 436 g/mol. The van der Waals surface area contributed by atoms with Crippen LogP contribution in [0.5, 0.6) is 5.75 Å². The van der Waals surface area contributed by atoms with Crippen molar-refractivity contribution in [3.63, 3.8) is 0 Å². The Balaban J connectivity index is 3.44. The van der Waals surface area contributed by atoms with Gasteiger partial charge in [-0.25, -0.2) is 9.38 Å². The Hall–Kier alpha value is -1.85. The van der Waals surface area contributed by atoms with Gasteiger partial charge in [0, 0.05) is 18.0 Å². The minimum atomic E-state index is -6.04. The maximum Gasteiger partial charge on any atom is 0.534 e. The lowest BCUT2D eigenvalue weighted by Gasteiger charge is -2.13. The lowest BCUT2D eigenvalue weighted by molar-refractivity contribution is -0.0500. The van der Waals surface area contributed by atoms with Crippen molar-refractivity contribution in [3.05, 3.63) is 45.2 Å². The lowest BCUT2D eigenvalue weighted by atomic mass is 10.3. The SMILES string of the molecule is C/C=C/N=C(Cl)/C(F)=C/n1c(C)cc(OS(=O)(=O)C(F)(F)F)c(Cl)c1=O. The van der Waals surface area contributed by atoms with E-state index in [1.165, 1.54) is 19.2 Å². The van der Waals surface area contributed by atoms with E-state index in [2.05, 4.69) is 9.18 Å². The number of rotatable bonds is 5. The second-order valence-electron chi connectivity index (χ2n) is 4.50. The molecule has 6 nitrogen and oxygen atoms in total. The number of alkyl halides is 3. The van der Waals surface area contributed by atoms with Crippen molar-refractivity contribution in [3.8, 4) is 5.75 Å². The molecule has 0 aliphatic carbocycles. The van der Waals surface area contributed by atoms with Crippen molar-refractivity contribution < 1.29 is 30.2 Å². The van der Waals surface area contributed by atoms with Gasteiger partial charge in [-0.15, -0.1) is 0 Å². The van der Waals surface area contributed by atoms with E-state index in [1.54, 1.807) is 6.92 Å². The van der Waals surface area contributed by atoms with E-state index in [4.69, 9.17) is 23.2 Å².